The molecule has 29 heavy (non-hydrogen) atoms. The average molecular weight is 390 g/mol. The van der Waals surface area contributed by atoms with Gasteiger partial charge in [-0.15, -0.1) is 0 Å². The molecule has 0 atom stereocenters. The fourth-order valence-corrected chi connectivity index (χ4v) is 3.28. The van der Waals surface area contributed by atoms with Gasteiger partial charge in [0.05, 0.1) is 0 Å². The molecule has 0 amide bonds. The molecule has 1 aliphatic heterocycles. The summed E-state index contributed by atoms with van der Waals surface area (Å²) in [6.07, 6.45) is 0. The number of ether oxygens (including phenoxy) is 2. The van der Waals surface area contributed by atoms with Crippen molar-refractivity contribution in [3.63, 3.8) is 0 Å². The van der Waals surface area contributed by atoms with Crippen molar-refractivity contribution in [3.8, 4) is 11.5 Å². The summed E-state index contributed by atoms with van der Waals surface area (Å²) in [6, 6.07) is 18.6. The summed E-state index contributed by atoms with van der Waals surface area (Å²) < 4.78 is 10.8. The highest BCUT2D eigenvalue weighted by Gasteiger charge is 2.16. The van der Waals surface area contributed by atoms with Crippen LogP contribution in [0.15, 0.2) is 54.6 Å². The number of benzene rings is 2. The van der Waals surface area contributed by atoms with E-state index < -0.39 is 0 Å². The molecule has 0 radical (unpaired) electrons. The highest BCUT2D eigenvalue weighted by Crippen LogP contribution is 2.32. The van der Waals surface area contributed by atoms with Gasteiger partial charge in [-0.25, -0.2) is 4.98 Å². The van der Waals surface area contributed by atoms with Gasteiger partial charge in [0.1, 0.15) is 5.82 Å². The minimum atomic E-state index is 0.277. The molecule has 6 heteroatoms. The lowest BCUT2D eigenvalue weighted by molar-refractivity contribution is 0.174. The summed E-state index contributed by atoms with van der Waals surface area (Å²) in [5, 5.41) is 3.42. The lowest BCUT2D eigenvalue weighted by Gasteiger charge is -2.27. The first-order chi connectivity index (χ1) is 14.1. The summed E-state index contributed by atoms with van der Waals surface area (Å²) in [7, 11) is 0. The van der Waals surface area contributed by atoms with Crippen LogP contribution in [0.5, 0.6) is 11.5 Å². The minimum Gasteiger partial charge on any atom is -0.454 e. The van der Waals surface area contributed by atoms with Crippen LogP contribution in [0.3, 0.4) is 0 Å². The normalized spacial score (nSPS) is 12.3. The van der Waals surface area contributed by atoms with Crippen LogP contribution in [0, 0.1) is 6.92 Å². The van der Waals surface area contributed by atoms with E-state index >= 15 is 0 Å². The number of nitrogens with zero attached hydrogens (tertiary/aromatic N) is 3. The Kier molecular flexibility index (Phi) is 5.51. The van der Waals surface area contributed by atoms with E-state index in [1.807, 2.05) is 37.3 Å². The van der Waals surface area contributed by atoms with Crippen molar-refractivity contribution >= 4 is 11.8 Å². The van der Waals surface area contributed by atoms with Crippen molar-refractivity contribution < 1.29 is 9.47 Å². The maximum Gasteiger partial charge on any atom is 0.231 e. The highest BCUT2D eigenvalue weighted by atomic mass is 16.7. The fraction of sp³-hybridized carbons (Fsp3) is 0.304. The zero-order valence-electron chi connectivity index (χ0n) is 17.1. The number of hydrogen-bond acceptors (Lipinski definition) is 6. The largest absolute Gasteiger partial charge is 0.454 e. The standard InChI is InChI=1S/C23H26N4O2/c1-16(2)27(14-18-7-5-4-6-8-18)23-25-17(3)11-22(26-23)24-13-19-9-10-20-21(12-19)29-15-28-20/h4-12,16H,13-15H2,1-3H3,(H,24,25,26). The van der Waals surface area contributed by atoms with Gasteiger partial charge in [-0.3, -0.25) is 0 Å². The number of aromatic nitrogens is 2. The SMILES string of the molecule is Cc1cc(NCc2ccc3c(c2)OCO3)nc(N(Cc2ccccc2)C(C)C)n1. The lowest BCUT2D eigenvalue weighted by atomic mass is 10.2. The number of nitrogens with one attached hydrogen (secondary N) is 1. The highest BCUT2D eigenvalue weighted by molar-refractivity contribution is 5.48. The monoisotopic (exact) mass is 390 g/mol. The van der Waals surface area contributed by atoms with E-state index in [1.54, 1.807) is 0 Å². The van der Waals surface area contributed by atoms with Crippen LogP contribution in [0.4, 0.5) is 11.8 Å². The summed E-state index contributed by atoms with van der Waals surface area (Å²) in [6.45, 7) is 8.02. The van der Waals surface area contributed by atoms with Crippen molar-refractivity contribution in [2.75, 3.05) is 17.0 Å². The zero-order chi connectivity index (χ0) is 20.2. The Morgan fingerprint density at radius 2 is 1.76 bits per heavy atom. The van der Waals surface area contributed by atoms with Gasteiger partial charge < -0.3 is 19.7 Å². The third kappa shape index (κ3) is 4.59. The number of rotatable bonds is 7. The van der Waals surface area contributed by atoms with Gasteiger partial charge in [-0.2, -0.15) is 4.98 Å². The first-order valence-electron chi connectivity index (χ1n) is 9.87. The predicted molar refractivity (Wildman–Crippen MR) is 114 cm³/mol. The van der Waals surface area contributed by atoms with Gasteiger partial charge in [-0.1, -0.05) is 36.4 Å². The number of fused-ring (bicyclic) bond motifs is 1. The van der Waals surface area contributed by atoms with Gasteiger partial charge in [0.25, 0.3) is 0 Å². The summed E-state index contributed by atoms with van der Waals surface area (Å²) in [5.74, 6) is 3.13. The zero-order valence-corrected chi connectivity index (χ0v) is 17.1. The van der Waals surface area contributed by atoms with Crippen LogP contribution in [0.1, 0.15) is 30.7 Å². The van der Waals surface area contributed by atoms with Crippen molar-refractivity contribution in [1.29, 1.82) is 0 Å². The summed E-state index contributed by atoms with van der Waals surface area (Å²) in [5.41, 5.74) is 3.28. The second-order valence-electron chi connectivity index (χ2n) is 7.44. The third-order valence-corrected chi connectivity index (χ3v) is 4.83. The quantitative estimate of drug-likeness (QED) is 0.639. The molecule has 1 aromatic heterocycles. The molecule has 0 saturated carbocycles. The van der Waals surface area contributed by atoms with E-state index in [0.29, 0.717) is 6.54 Å². The average Bonchev–Trinajstić information content (AvgIpc) is 3.18. The Balaban J connectivity index is 1.51. The molecular formula is C23H26N4O2. The van der Waals surface area contributed by atoms with Crippen LogP contribution in [-0.2, 0) is 13.1 Å². The van der Waals surface area contributed by atoms with Gasteiger partial charge in [-0.05, 0) is 44.0 Å². The fourth-order valence-electron chi connectivity index (χ4n) is 3.28. The van der Waals surface area contributed by atoms with Gasteiger partial charge >= 0.3 is 0 Å². The van der Waals surface area contributed by atoms with E-state index in [2.05, 4.69) is 48.3 Å². The van der Waals surface area contributed by atoms with Gasteiger partial charge in [0, 0.05) is 30.9 Å². The Morgan fingerprint density at radius 1 is 0.966 bits per heavy atom. The molecule has 6 nitrogen and oxygen atoms in total. The first-order valence-corrected chi connectivity index (χ1v) is 9.87. The summed E-state index contributed by atoms with van der Waals surface area (Å²) in [4.78, 5) is 11.7. The molecule has 0 aliphatic carbocycles. The Labute approximate surface area is 171 Å². The molecule has 3 aromatic rings. The summed E-state index contributed by atoms with van der Waals surface area (Å²) >= 11 is 0. The minimum absolute atomic E-state index is 0.277. The maximum absolute atomic E-state index is 5.46. The number of aryl methyl sites for hydroxylation is 1. The second kappa shape index (κ2) is 8.39. The Hall–Kier alpha value is -3.28. The van der Waals surface area contributed by atoms with E-state index in [1.165, 1.54) is 5.56 Å². The molecule has 1 aliphatic rings. The van der Waals surface area contributed by atoms with Crippen LogP contribution < -0.4 is 19.7 Å². The maximum atomic E-state index is 5.46. The van der Waals surface area contributed by atoms with E-state index in [-0.39, 0.29) is 12.8 Å². The van der Waals surface area contributed by atoms with Crippen LogP contribution in [0.2, 0.25) is 0 Å². The topological polar surface area (TPSA) is 59.5 Å². The molecular weight excluding hydrogens is 364 g/mol. The van der Waals surface area contributed by atoms with Gasteiger partial charge in [0.15, 0.2) is 11.5 Å². The van der Waals surface area contributed by atoms with Crippen molar-refractivity contribution in [2.45, 2.75) is 39.9 Å². The molecule has 4 rings (SSSR count). The van der Waals surface area contributed by atoms with Gasteiger partial charge in [0.2, 0.25) is 12.7 Å². The molecule has 2 heterocycles. The van der Waals surface area contributed by atoms with Crippen molar-refractivity contribution in [3.05, 3.63) is 71.4 Å². The molecule has 0 unspecified atom stereocenters. The van der Waals surface area contributed by atoms with E-state index in [9.17, 15) is 0 Å². The van der Waals surface area contributed by atoms with E-state index in [0.717, 1.165) is 41.1 Å². The lowest BCUT2D eigenvalue weighted by Crippen LogP contribution is -2.32. The predicted octanol–water partition coefficient (Wildman–Crippen LogP) is 4.54. The second-order valence-corrected chi connectivity index (χ2v) is 7.44. The molecule has 2 aromatic carbocycles. The van der Waals surface area contributed by atoms with E-state index in [4.69, 9.17) is 19.4 Å². The van der Waals surface area contributed by atoms with Crippen molar-refractivity contribution in [2.24, 2.45) is 0 Å². The van der Waals surface area contributed by atoms with Crippen LogP contribution in [-0.4, -0.2) is 22.8 Å². The Bertz CT molecular complexity index is 976. The number of anilines is 2. The molecule has 0 fully saturated rings. The molecule has 0 spiro atoms. The first kappa shape index (κ1) is 19.1. The van der Waals surface area contributed by atoms with Crippen LogP contribution in [0.25, 0.3) is 0 Å². The molecule has 0 bridgehead atoms. The molecule has 150 valence electrons. The smallest absolute Gasteiger partial charge is 0.231 e. The van der Waals surface area contributed by atoms with Crippen molar-refractivity contribution in [1.82, 2.24) is 9.97 Å². The molecule has 0 saturated heterocycles. The Morgan fingerprint density at radius 3 is 2.55 bits per heavy atom. The third-order valence-electron chi connectivity index (χ3n) is 4.83. The molecule has 1 N–H and O–H groups in total. The number of hydrogen-bond donors (Lipinski definition) is 1. The van der Waals surface area contributed by atoms with Crippen LogP contribution >= 0.6 is 0 Å².